The number of halogens is 1. The highest BCUT2D eigenvalue weighted by molar-refractivity contribution is 9.08. The number of alkyl halides is 1. The Morgan fingerprint density at radius 3 is 2.94 bits per heavy atom. The second-order valence-corrected chi connectivity index (χ2v) is 5.68. The Morgan fingerprint density at radius 2 is 2.22 bits per heavy atom. The van der Waals surface area contributed by atoms with E-state index in [4.69, 9.17) is 0 Å². The highest BCUT2D eigenvalue weighted by Crippen LogP contribution is 2.26. The van der Waals surface area contributed by atoms with E-state index in [-0.39, 0.29) is 0 Å². The van der Waals surface area contributed by atoms with Crippen LogP contribution in [0, 0.1) is 17.2 Å². The van der Waals surface area contributed by atoms with Gasteiger partial charge in [0.25, 0.3) is 0 Å². The lowest BCUT2D eigenvalue weighted by Gasteiger charge is -2.24. The van der Waals surface area contributed by atoms with Crippen LogP contribution in [0.25, 0.3) is 0 Å². The van der Waals surface area contributed by atoms with Crippen molar-refractivity contribution in [1.82, 2.24) is 0 Å². The Balaban J connectivity index is 2.24. The van der Waals surface area contributed by atoms with Gasteiger partial charge in [-0.1, -0.05) is 28.9 Å². The lowest BCUT2D eigenvalue weighted by molar-refractivity contribution is 0.521. The van der Waals surface area contributed by atoms with Gasteiger partial charge in [0.15, 0.2) is 0 Å². The van der Waals surface area contributed by atoms with Crippen molar-refractivity contribution in [3.8, 4) is 6.07 Å². The SMILES string of the molecule is CC1CCCN(c2ccc(CBr)cc2C#N)CC1. The van der Waals surface area contributed by atoms with Gasteiger partial charge >= 0.3 is 0 Å². The van der Waals surface area contributed by atoms with E-state index < -0.39 is 0 Å². The average molecular weight is 307 g/mol. The number of nitrogens with zero attached hydrogens (tertiary/aromatic N) is 2. The molecule has 1 aromatic carbocycles. The fraction of sp³-hybridized carbons (Fsp3) is 0.533. The van der Waals surface area contributed by atoms with Gasteiger partial charge in [-0.2, -0.15) is 5.26 Å². The second-order valence-electron chi connectivity index (χ2n) is 5.12. The van der Waals surface area contributed by atoms with Crippen molar-refractivity contribution in [1.29, 1.82) is 5.26 Å². The van der Waals surface area contributed by atoms with E-state index in [1.54, 1.807) is 0 Å². The van der Waals surface area contributed by atoms with Crippen LogP contribution in [0.3, 0.4) is 0 Å². The molecule has 0 amide bonds. The minimum absolute atomic E-state index is 0.805. The van der Waals surface area contributed by atoms with Crippen LogP contribution in [0.15, 0.2) is 18.2 Å². The largest absolute Gasteiger partial charge is 0.370 e. The molecule has 1 atom stereocenters. The summed E-state index contributed by atoms with van der Waals surface area (Å²) in [6, 6.07) is 8.55. The minimum Gasteiger partial charge on any atom is -0.370 e. The van der Waals surface area contributed by atoms with Crippen LogP contribution in [0.5, 0.6) is 0 Å². The first-order valence-electron chi connectivity index (χ1n) is 6.58. The molecule has 0 N–H and O–H groups in total. The average Bonchev–Trinajstić information content (AvgIpc) is 2.62. The molecule has 0 saturated carbocycles. The number of anilines is 1. The van der Waals surface area contributed by atoms with E-state index in [9.17, 15) is 5.26 Å². The fourth-order valence-corrected chi connectivity index (χ4v) is 2.88. The number of hydrogen-bond acceptors (Lipinski definition) is 2. The fourth-order valence-electron chi connectivity index (χ4n) is 2.54. The highest BCUT2D eigenvalue weighted by atomic mass is 79.9. The van der Waals surface area contributed by atoms with Crippen LogP contribution in [0.1, 0.15) is 37.3 Å². The zero-order chi connectivity index (χ0) is 13.0. The zero-order valence-electron chi connectivity index (χ0n) is 10.8. The number of nitriles is 1. The summed E-state index contributed by atoms with van der Waals surface area (Å²) in [6.45, 7) is 4.47. The second kappa shape index (κ2) is 6.24. The molecule has 0 bridgehead atoms. The van der Waals surface area contributed by atoms with Gasteiger partial charge in [-0.3, -0.25) is 0 Å². The van der Waals surface area contributed by atoms with Crippen molar-refractivity contribution in [2.24, 2.45) is 5.92 Å². The van der Waals surface area contributed by atoms with Crippen LogP contribution in [-0.4, -0.2) is 13.1 Å². The Bertz CT molecular complexity index is 450. The predicted molar refractivity (Wildman–Crippen MR) is 79.0 cm³/mol. The standard InChI is InChI=1S/C15H19BrN2/c1-12-3-2-7-18(8-6-12)15-5-4-13(10-16)9-14(15)11-17/h4-5,9,12H,2-3,6-8,10H2,1H3. The van der Waals surface area contributed by atoms with Crippen LogP contribution >= 0.6 is 15.9 Å². The van der Waals surface area contributed by atoms with Gasteiger partial charge in [0.05, 0.1) is 11.3 Å². The van der Waals surface area contributed by atoms with Crippen LogP contribution in [-0.2, 0) is 5.33 Å². The zero-order valence-corrected chi connectivity index (χ0v) is 12.4. The molecule has 3 heteroatoms. The molecular weight excluding hydrogens is 288 g/mol. The first kappa shape index (κ1) is 13.4. The molecule has 96 valence electrons. The Morgan fingerprint density at radius 1 is 1.39 bits per heavy atom. The Kier molecular flexibility index (Phi) is 4.66. The first-order chi connectivity index (χ1) is 8.74. The molecule has 1 aromatic rings. The van der Waals surface area contributed by atoms with Crippen LogP contribution in [0.4, 0.5) is 5.69 Å². The van der Waals surface area contributed by atoms with Crippen LogP contribution < -0.4 is 4.90 Å². The molecule has 1 fully saturated rings. The van der Waals surface area contributed by atoms with Crippen molar-refractivity contribution in [2.45, 2.75) is 31.5 Å². The van der Waals surface area contributed by atoms with Crippen molar-refractivity contribution >= 4 is 21.6 Å². The van der Waals surface area contributed by atoms with E-state index in [0.717, 1.165) is 35.6 Å². The van der Waals surface area contributed by atoms with Gasteiger partial charge in [-0.05, 0) is 42.9 Å². The summed E-state index contributed by atoms with van der Waals surface area (Å²) < 4.78 is 0. The van der Waals surface area contributed by atoms with E-state index >= 15 is 0 Å². The Hall–Kier alpha value is -1.01. The summed E-state index contributed by atoms with van der Waals surface area (Å²) >= 11 is 3.44. The Labute approximate surface area is 118 Å². The molecule has 0 aliphatic carbocycles. The smallest absolute Gasteiger partial charge is 0.101 e. The van der Waals surface area contributed by atoms with Crippen molar-refractivity contribution < 1.29 is 0 Å². The third-order valence-electron chi connectivity index (χ3n) is 3.69. The molecule has 2 rings (SSSR count). The lowest BCUT2D eigenvalue weighted by Crippen LogP contribution is -2.25. The van der Waals surface area contributed by atoms with Gasteiger partial charge < -0.3 is 4.90 Å². The molecule has 0 spiro atoms. The van der Waals surface area contributed by atoms with E-state index in [1.807, 2.05) is 6.07 Å². The maximum Gasteiger partial charge on any atom is 0.101 e. The van der Waals surface area contributed by atoms with Gasteiger partial charge in [-0.15, -0.1) is 0 Å². The van der Waals surface area contributed by atoms with E-state index in [0.29, 0.717) is 0 Å². The molecule has 0 aromatic heterocycles. The molecule has 1 saturated heterocycles. The topological polar surface area (TPSA) is 27.0 Å². The van der Waals surface area contributed by atoms with Gasteiger partial charge in [0.1, 0.15) is 6.07 Å². The lowest BCUT2D eigenvalue weighted by atomic mass is 10.0. The summed E-state index contributed by atoms with van der Waals surface area (Å²) in [5.74, 6) is 0.808. The number of benzene rings is 1. The van der Waals surface area contributed by atoms with Crippen LogP contribution in [0.2, 0.25) is 0 Å². The van der Waals surface area contributed by atoms with Gasteiger partial charge in [-0.25, -0.2) is 0 Å². The van der Waals surface area contributed by atoms with E-state index in [1.165, 1.54) is 24.8 Å². The van der Waals surface area contributed by atoms with Crippen molar-refractivity contribution in [2.75, 3.05) is 18.0 Å². The van der Waals surface area contributed by atoms with E-state index in [2.05, 4.69) is 46.0 Å². The predicted octanol–water partition coefficient (Wildman–Crippen LogP) is 4.08. The first-order valence-corrected chi connectivity index (χ1v) is 7.70. The normalized spacial score (nSPS) is 20.3. The molecule has 1 heterocycles. The summed E-state index contributed by atoms with van der Waals surface area (Å²) in [5.41, 5.74) is 3.08. The molecule has 0 radical (unpaired) electrons. The summed E-state index contributed by atoms with van der Waals surface area (Å²) in [4.78, 5) is 2.38. The maximum absolute atomic E-state index is 9.30. The third kappa shape index (κ3) is 3.05. The molecule has 1 unspecified atom stereocenters. The molecule has 1 aliphatic heterocycles. The number of rotatable bonds is 2. The van der Waals surface area contributed by atoms with Crippen molar-refractivity contribution in [3.05, 3.63) is 29.3 Å². The molecule has 2 nitrogen and oxygen atoms in total. The molecular formula is C15H19BrN2. The van der Waals surface area contributed by atoms with Crippen molar-refractivity contribution in [3.63, 3.8) is 0 Å². The quantitative estimate of drug-likeness (QED) is 0.770. The molecule has 1 aliphatic rings. The summed E-state index contributed by atoms with van der Waals surface area (Å²) in [6.07, 6.45) is 3.76. The summed E-state index contributed by atoms with van der Waals surface area (Å²) in [5, 5.41) is 10.1. The summed E-state index contributed by atoms with van der Waals surface area (Å²) in [7, 11) is 0. The minimum atomic E-state index is 0.805. The maximum atomic E-state index is 9.30. The number of hydrogen-bond donors (Lipinski definition) is 0. The highest BCUT2D eigenvalue weighted by Gasteiger charge is 2.16. The van der Waals surface area contributed by atoms with Gasteiger partial charge in [0.2, 0.25) is 0 Å². The molecule has 18 heavy (non-hydrogen) atoms. The monoisotopic (exact) mass is 306 g/mol. The third-order valence-corrected chi connectivity index (χ3v) is 4.34. The van der Waals surface area contributed by atoms with Gasteiger partial charge in [0, 0.05) is 18.4 Å².